The van der Waals surface area contributed by atoms with Gasteiger partial charge in [0.1, 0.15) is 5.82 Å². The number of piperidine rings is 1. The number of aryl methyl sites for hydroxylation is 1. The molecule has 2 aromatic rings. The number of rotatable bonds is 9. The first-order valence-corrected chi connectivity index (χ1v) is 14.4. The number of hydrogen-bond acceptors (Lipinski definition) is 4. The van der Waals surface area contributed by atoms with Crippen LogP contribution in [0.1, 0.15) is 50.7 Å². The van der Waals surface area contributed by atoms with E-state index >= 15 is 0 Å². The molecule has 2 aromatic carbocycles. The fourth-order valence-electron chi connectivity index (χ4n) is 4.81. The lowest BCUT2D eigenvalue weighted by molar-refractivity contribution is -0.139. The second kappa shape index (κ2) is 11.3. The average molecular weight is 530 g/mol. The molecule has 7 nitrogen and oxygen atoms in total. The fourth-order valence-corrected chi connectivity index (χ4v) is 6.45. The van der Waals surface area contributed by atoms with E-state index in [9.17, 15) is 22.4 Å². The molecule has 0 unspecified atom stereocenters. The number of carbonyl (C=O) groups is 2. The minimum absolute atomic E-state index is 0.0902. The molecule has 37 heavy (non-hydrogen) atoms. The van der Waals surface area contributed by atoms with Crippen molar-refractivity contribution in [1.82, 2.24) is 14.1 Å². The van der Waals surface area contributed by atoms with Gasteiger partial charge in [-0.15, -0.1) is 0 Å². The summed E-state index contributed by atoms with van der Waals surface area (Å²) >= 11 is 0. The van der Waals surface area contributed by atoms with E-state index in [0.717, 1.165) is 24.0 Å². The third kappa shape index (κ3) is 6.57. The van der Waals surface area contributed by atoms with Crippen molar-refractivity contribution in [1.29, 1.82) is 0 Å². The van der Waals surface area contributed by atoms with Crippen LogP contribution in [-0.4, -0.2) is 66.1 Å². The summed E-state index contributed by atoms with van der Waals surface area (Å²) in [6.07, 6.45) is 2.68. The Hall–Kier alpha value is -2.78. The number of benzene rings is 2. The van der Waals surface area contributed by atoms with Gasteiger partial charge in [-0.05, 0) is 62.4 Å². The van der Waals surface area contributed by atoms with Crippen molar-refractivity contribution < 1.29 is 22.4 Å². The van der Waals surface area contributed by atoms with Crippen molar-refractivity contribution in [3.8, 4) is 0 Å². The maximum atomic E-state index is 13.8. The molecule has 200 valence electrons. The summed E-state index contributed by atoms with van der Waals surface area (Å²) in [5, 5.41) is 0. The Morgan fingerprint density at radius 2 is 1.54 bits per heavy atom. The van der Waals surface area contributed by atoms with Crippen LogP contribution in [0.5, 0.6) is 0 Å². The van der Waals surface area contributed by atoms with E-state index in [1.54, 1.807) is 41.3 Å². The lowest BCUT2D eigenvalue weighted by atomic mass is 10.0. The molecule has 9 heteroatoms. The van der Waals surface area contributed by atoms with Crippen molar-refractivity contribution in [3.63, 3.8) is 0 Å². The van der Waals surface area contributed by atoms with Gasteiger partial charge >= 0.3 is 0 Å². The molecular formula is C28H36FN3O4S. The van der Waals surface area contributed by atoms with Crippen LogP contribution >= 0.6 is 0 Å². The SMILES string of the molecule is Cc1ccc(S(=O)(=O)N(CC(=O)N(Cc2ccc(F)cc2)C2CCN(C(=O)C(C)C)CC2)C2CC2)cc1. The molecule has 1 aliphatic carbocycles. The van der Waals surface area contributed by atoms with Crippen LogP contribution < -0.4 is 0 Å². The Kier molecular flexibility index (Phi) is 8.33. The maximum absolute atomic E-state index is 13.8. The van der Waals surface area contributed by atoms with Crippen LogP contribution in [0, 0.1) is 18.7 Å². The smallest absolute Gasteiger partial charge is 0.243 e. The van der Waals surface area contributed by atoms with Gasteiger partial charge in [-0.25, -0.2) is 12.8 Å². The Bertz CT molecular complexity index is 1200. The summed E-state index contributed by atoms with van der Waals surface area (Å²) in [5.41, 5.74) is 1.73. The molecule has 0 spiro atoms. The molecule has 0 bridgehead atoms. The van der Waals surface area contributed by atoms with Crippen LogP contribution in [0.25, 0.3) is 0 Å². The normalized spacial score (nSPS) is 16.9. The van der Waals surface area contributed by atoms with Crippen LogP contribution in [-0.2, 0) is 26.2 Å². The molecule has 0 aromatic heterocycles. The van der Waals surface area contributed by atoms with Gasteiger partial charge in [0.15, 0.2) is 0 Å². The van der Waals surface area contributed by atoms with Crippen molar-refractivity contribution in [3.05, 3.63) is 65.5 Å². The number of hydrogen-bond donors (Lipinski definition) is 0. The summed E-state index contributed by atoms with van der Waals surface area (Å²) in [6, 6.07) is 12.4. The van der Waals surface area contributed by atoms with Crippen molar-refractivity contribution in [2.45, 2.75) is 70.0 Å². The molecule has 1 saturated heterocycles. The zero-order valence-electron chi connectivity index (χ0n) is 21.8. The number of likely N-dealkylation sites (tertiary alicyclic amines) is 1. The number of amides is 2. The lowest BCUT2D eigenvalue weighted by Gasteiger charge is -2.40. The highest BCUT2D eigenvalue weighted by Gasteiger charge is 2.41. The highest BCUT2D eigenvalue weighted by atomic mass is 32.2. The van der Waals surface area contributed by atoms with Crippen molar-refractivity contribution in [2.24, 2.45) is 5.92 Å². The molecule has 0 N–H and O–H groups in total. The van der Waals surface area contributed by atoms with Crippen LogP contribution in [0.2, 0.25) is 0 Å². The third-order valence-electron chi connectivity index (χ3n) is 7.17. The summed E-state index contributed by atoms with van der Waals surface area (Å²) in [5.74, 6) is -0.627. The Balaban J connectivity index is 1.55. The van der Waals surface area contributed by atoms with E-state index in [2.05, 4.69) is 0 Å². The molecule has 2 amide bonds. The van der Waals surface area contributed by atoms with Gasteiger partial charge in [-0.3, -0.25) is 9.59 Å². The highest BCUT2D eigenvalue weighted by molar-refractivity contribution is 7.89. The van der Waals surface area contributed by atoms with Gasteiger partial charge in [-0.2, -0.15) is 4.31 Å². The predicted octanol–water partition coefficient (Wildman–Crippen LogP) is 3.96. The lowest BCUT2D eigenvalue weighted by Crippen LogP contribution is -2.52. The van der Waals surface area contributed by atoms with Crippen LogP contribution in [0.4, 0.5) is 4.39 Å². The number of nitrogens with zero attached hydrogens (tertiary/aromatic N) is 3. The quantitative estimate of drug-likeness (QED) is 0.493. The maximum Gasteiger partial charge on any atom is 0.243 e. The van der Waals surface area contributed by atoms with E-state index in [1.165, 1.54) is 16.4 Å². The topological polar surface area (TPSA) is 78.0 Å². The first-order chi connectivity index (χ1) is 17.6. The van der Waals surface area contributed by atoms with Gasteiger partial charge in [-0.1, -0.05) is 43.7 Å². The van der Waals surface area contributed by atoms with E-state index in [4.69, 9.17) is 0 Å². The summed E-state index contributed by atoms with van der Waals surface area (Å²) < 4.78 is 41.9. The molecule has 0 radical (unpaired) electrons. The van der Waals surface area contributed by atoms with E-state index < -0.39 is 10.0 Å². The van der Waals surface area contributed by atoms with Gasteiger partial charge < -0.3 is 9.80 Å². The zero-order valence-corrected chi connectivity index (χ0v) is 22.6. The molecular weight excluding hydrogens is 493 g/mol. The average Bonchev–Trinajstić information content (AvgIpc) is 3.72. The Morgan fingerprint density at radius 1 is 0.946 bits per heavy atom. The Labute approximate surface area is 219 Å². The van der Waals surface area contributed by atoms with Crippen molar-refractivity contribution in [2.75, 3.05) is 19.6 Å². The number of halogens is 1. The highest BCUT2D eigenvalue weighted by Crippen LogP contribution is 2.32. The van der Waals surface area contributed by atoms with Gasteiger partial charge in [0.05, 0.1) is 11.4 Å². The standard InChI is InChI=1S/C28H36FN3O4S/c1-20(2)28(34)30-16-14-24(15-17-30)31(18-22-6-8-23(29)9-7-22)27(33)19-32(25-10-11-25)37(35,36)26-12-4-21(3)5-13-26/h4-9,12-13,20,24-25H,10-11,14-19H2,1-3H3. The second-order valence-electron chi connectivity index (χ2n) is 10.5. The van der Waals surface area contributed by atoms with Gasteiger partial charge in [0.2, 0.25) is 21.8 Å². The van der Waals surface area contributed by atoms with E-state index in [1.807, 2.05) is 25.7 Å². The van der Waals surface area contributed by atoms with Crippen LogP contribution in [0.15, 0.2) is 53.4 Å². The molecule has 4 rings (SSSR count). The minimum atomic E-state index is -3.84. The van der Waals surface area contributed by atoms with E-state index in [-0.39, 0.29) is 53.6 Å². The zero-order chi connectivity index (χ0) is 26.7. The van der Waals surface area contributed by atoms with Gasteiger partial charge in [0, 0.05) is 37.6 Å². The molecule has 1 heterocycles. The van der Waals surface area contributed by atoms with Crippen molar-refractivity contribution >= 4 is 21.8 Å². The molecule has 2 fully saturated rings. The third-order valence-corrected chi connectivity index (χ3v) is 9.08. The summed E-state index contributed by atoms with van der Waals surface area (Å²) in [7, 11) is -3.84. The van der Waals surface area contributed by atoms with Gasteiger partial charge in [0.25, 0.3) is 0 Å². The molecule has 2 aliphatic rings. The second-order valence-corrected chi connectivity index (χ2v) is 12.3. The van der Waals surface area contributed by atoms with Crippen LogP contribution in [0.3, 0.4) is 0 Å². The monoisotopic (exact) mass is 529 g/mol. The first kappa shape index (κ1) is 27.3. The Morgan fingerprint density at radius 3 is 2.08 bits per heavy atom. The molecule has 1 aliphatic heterocycles. The minimum Gasteiger partial charge on any atom is -0.342 e. The summed E-state index contributed by atoms with van der Waals surface area (Å²) in [6.45, 7) is 6.75. The first-order valence-electron chi connectivity index (χ1n) is 13.0. The molecule has 0 atom stereocenters. The molecule has 1 saturated carbocycles. The fraction of sp³-hybridized carbons (Fsp3) is 0.500. The number of sulfonamides is 1. The number of carbonyl (C=O) groups excluding carboxylic acids is 2. The van der Waals surface area contributed by atoms with E-state index in [0.29, 0.717) is 25.9 Å². The predicted molar refractivity (Wildman–Crippen MR) is 139 cm³/mol. The summed E-state index contributed by atoms with van der Waals surface area (Å²) in [4.78, 5) is 30.0. The largest absolute Gasteiger partial charge is 0.342 e.